The van der Waals surface area contributed by atoms with E-state index in [1.54, 1.807) is 0 Å². The number of carbonyl (C=O) groups is 1. The summed E-state index contributed by atoms with van der Waals surface area (Å²) in [4.78, 5) is 12.6. The lowest BCUT2D eigenvalue weighted by molar-refractivity contribution is -0.135. The van der Waals surface area contributed by atoms with E-state index in [1.807, 2.05) is 0 Å². The molecule has 27 heavy (non-hydrogen) atoms. The van der Waals surface area contributed by atoms with E-state index in [-0.39, 0.29) is 5.41 Å². The predicted molar refractivity (Wildman–Crippen MR) is 112 cm³/mol. The highest BCUT2D eigenvalue weighted by Gasteiger charge is 2.61. The van der Waals surface area contributed by atoms with E-state index in [0.29, 0.717) is 40.7 Å². The van der Waals surface area contributed by atoms with Crippen LogP contribution in [-0.2, 0) is 15.6 Å². The first kappa shape index (κ1) is 19.8. The van der Waals surface area contributed by atoms with Crippen molar-refractivity contribution in [3.63, 3.8) is 0 Å². The fraction of sp³-hybridized carbons (Fsp3) is 0.870. The second-order valence-corrected chi connectivity index (χ2v) is 12.2. The van der Waals surface area contributed by atoms with Gasteiger partial charge in [-0.25, -0.2) is 0 Å². The molecule has 0 spiro atoms. The standard InChI is InChI=1S/C23H37NO2S/c1-15-13-17-18-5-6-21(25)23(18,3)10-8-19(17)22(2)9-7-16(14-20(15)22)27(26)12-4-11-24/h16-20H,1,4-14,24H2,2-3H3/t16-,17+,18+,19+,20?,22-,23+,27+/m1/s1. The molecule has 4 heteroatoms. The van der Waals surface area contributed by atoms with Gasteiger partial charge in [0.25, 0.3) is 0 Å². The average molecular weight is 392 g/mol. The van der Waals surface area contributed by atoms with E-state index >= 15 is 0 Å². The second kappa shape index (κ2) is 7.09. The maximum Gasteiger partial charge on any atom is 0.139 e. The third-order valence-corrected chi connectivity index (χ3v) is 11.1. The van der Waals surface area contributed by atoms with Gasteiger partial charge in [0.2, 0.25) is 0 Å². The molecule has 4 saturated carbocycles. The highest BCUT2D eigenvalue weighted by molar-refractivity contribution is 7.85. The van der Waals surface area contributed by atoms with Gasteiger partial charge in [-0.1, -0.05) is 26.0 Å². The van der Waals surface area contributed by atoms with Crippen LogP contribution in [0.1, 0.15) is 71.6 Å². The zero-order chi connectivity index (χ0) is 19.4. The Kier molecular flexibility index (Phi) is 5.20. The van der Waals surface area contributed by atoms with E-state index < -0.39 is 10.8 Å². The lowest BCUT2D eigenvalue weighted by Gasteiger charge is -2.60. The van der Waals surface area contributed by atoms with Crippen molar-refractivity contribution in [3.8, 4) is 0 Å². The first-order valence-electron chi connectivity index (χ1n) is 11.1. The molecule has 0 aliphatic heterocycles. The first-order valence-corrected chi connectivity index (χ1v) is 12.5. The minimum Gasteiger partial charge on any atom is -0.330 e. The summed E-state index contributed by atoms with van der Waals surface area (Å²) in [6.07, 6.45) is 9.44. The number of allylic oxidation sites excluding steroid dienone is 1. The summed E-state index contributed by atoms with van der Waals surface area (Å²) >= 11 is 0. The summed E-state index contributed by atoms with van der Waals surface area (Å²) in [6.45, 7) is 9.92. The number of hydrogen-bond donors (Lipinski definition) is 1. The van der Waals surface area contributed by atoms with Crippen LogP contribution < -0.4 is 5.73 Å². The number of carbonyl (C=O) groups excluding carboxylic acids is 1. The largest absolute Gasteiger partial charge is 0.330 e. The van der Waals surface area contributed by atoms with Crippen LogP contribution in [0, 0.1) is 34.5 Å². The number of rotatable bonds is 4. The summed E-state index contributed by atoms with van der Waals surface area (Å²) in [7, 11) is -0.746. The molecule has 0 radical (unpaired) electrons. The first-order chi connectivity index (χ1) is 12.8. The van der Waals surface area contributed by atoms with Gasteiger partial charge in [-0.2, -0.15) is 0 Å². The van der Waals surface area contributed by atoms with Gasteiger partial charge in [0.05, 0.1) is 0 Å². The molecule has 3 nitrogen and oxygen atoms in total. The number of hydrogen-bond acceptors (Lipinski definition) is 3. The Balaban J connectivity index is 1.55. The molecular weight excluding hydrogens is 354 g/mol. The molecule has 4 fully saturated rings. The fourth-order valence-electron chi connectivity index (χ4n) is 7.61. The topological polar surface area (TPSA) is 60.2 Å². The summed E-state index contributed by atoms with van der Waals surface area (Å²) in [6, 6.07) is 0. The van der Waals surface area contributed by atoms with Crippen LogP contribution in [-0.4, -0.2) is 27.5 Å². The van der Waals surface area contributed by atoms with Crippen molar-refractivity contribution >= 4 is 16.6 Å². The Labute approximate surface area is 167 Å². The molecule has 4 rings (SSSR count). The molecule has 0 aromatic carbocycles. The van der Waals surface area contributed by atoms with Crippen molar-refractivity contribution in [1.29, 1.82) is 0 Å². The van der Waals surface area contributed by atoms with Crippen LogP contribution in [0.2, 0.25) is 0 Å². The van der Waals surface area contributed by atoms with Gasteiger partial charge in [0.15, 0.2) is 0 Å². The quantitative estimate of drug-likeness (QED) is 0.730. The normalized spacial score (nSPS) is 47.9. The van der Waals surface area contributed by atoms with Crippen molar-refractivity contribution in [1.82, 2.24) is 0 Å². The molecule has 0 amide bonds. The Bertz CT molecular complexity index is 661. The molecule has 0 saturated heterocycles. The van der Waals surface area contributed by atoms with Crippen LogP contribution in [0.4, 0.5) is 0 Å². The molecule has 4 aliphatic carbocycles. The van der Waals surface area contributed by atoms with Gasteiger partial charge in [-0.15, -0.1) is 0 Å². The molecule has 8 atom stereocenters. The van der Waals surface area contributed by atoms with Gasteiger partial charge in [-0.3, -0.25) is 9.00 Å². The van der Waals surface area contributed by atoms with Crippen LogP contribution >= 0.6 is 0 Å². The number of fused-ring (bicyclic) bond motifs is 5. The van der Waals surface area contributed by atoms with E-state index in [1.165, 1.54) is 18.4 Å². The molecule has 0 heterocycles. The Morgan fingerprint density at radius 1 is 1.19 bits per heavy atom. The van der Waals surface area contributed by atoms with E-state index in [0.717, 1.165) is 56.6 Å². The minimum atomic E-state index is -0.746. The monoisotopic (exact) mass is 391 g/mol. The van der Waals surface area contributed by atoms with Crippen LogP contribution in [0.5, 0.6) is 0 Å². The summed E-state index contributed by atoms with van der Waals surface area (Å²) in [5.41, 5.74) is 7.24. The molecule has 0 aromatic heterocycles. The molecule has 4 aliphatic rings. The van der Waals surface area contributed by atoms with Crippen molar-refractivity contribution in [2.75, 3.05) is 12.3 Å². The van der Waals surface area contributed by atoms with Crippen LogP contribution in [0.25, 0.3) is 0 Å². The smallest absolute Gasteiger partial charge is 0.139 e. The lowest BCUT2D eigenvalue weighted by atomic mass is 9.44. The van der Waals surface area contributed by atoms with Crippen LogP contribution in [0.15, 0.2) is 12.2 Å². The SMILES string of the molecule is C=C1C[C@@H]2[C@H](CC[C@]3(C)C(=O)CC[C@@H]23)[C@@]2(C)CC[C@@H]([S@@](=O)CCCN)CC12. The van der Waals surface area contributed by atoms with Crippen molar-refractivity contribution < 1.29 is 9.00 Å². The highest BCUT2D eigenvalue weighted by Crippen LogP contribution is 2.66. The molecule has 0 aromatic rings. The van der Waals surface area contributed by atoms with Gasteiger partial charge < -0.3 is 5.73 Å². The van der Waals surface area contributed by atoms with E-state index in [2.05, 4.69) is 20.4 Å². The maximum absolute atomic E-state index is 12.7. The van der Waals surface area contributed by atoms with Gasteiger partial charge in [0, 0.05) is 33.6 Å². The zero-order valence-corrected chi connectivity index (χ0v) is 18.0. The summed E-state index contributed by atoms with van der Waals surface area (Å²) in [5.74, 6) is 3.71. The third kappa shape index (κ3) is 3.01. The lowest BCUT2D eigenvalue weighted by Crippen LogP contribution is -2.55. The Morgan fingerprint density at radius 3 is 2.70 bits per heavy atom. The third-order valence-electron chi connectivity index (χ3n) is 9.20. The maximum atomic E-state index is 12.7. The number of nitrogens with two attached hydrogens (primary N) is 1. The number of ketones is 1. The van der Waals surface area contributed by atoms with Gasteiger partial charge in [-0.05, 0) is 87.0 Å². The van der Waals surface area contributed by atoms with E-state index in [9.17, 15) is 9.00 Å². The number of Topliss-reactive ketones (excluding diaryl/α,β-unsaturated/α-hetero) is 1. The van der Waals surface area contributed by atoms with Crippen LogP contribution in [0.3, 0.4) is 0 Å². The molecule has 1 unspecified atom stereocenters. The summed E-state index contributed by atoms with van der Waals surface area (Å²) in [5, 5.41) is 0.324. The van der Waals surface area contributed by atoms with E-state index in [4.69, 9.17) is 5.73 Å². The van der Waals surface area contributed by atoms with Crippen molar-refractivity contribution in [3.05, 3.63) is 12.2 Å². The summed E-state index contributed by atoms with van der Waals surface area (Å²) < 4.78 is 12.7. The predicted octanol–water partition coefficient (Wildman–Crippen LogP) is 4.23. The fourth-order valence-corrected chi connectivity index (χ4v) is 9.18. The van der Waals surface area contributed by atoms with Crippen molar-refractivity contribution in [2.45, 2.75) is 76.9 Å². The molecule has 0 bridgehead atoms. The van der Waals surface area contributed by atoms with Gasteiger partial charge >= 0.3 is 0 Å². The minimum absolute atomic E-state index is 0.0639. The average Bonchev–Trinajstić information content (AvgIpc) is 2.95. The van der Waals surface area contributed by atoms with Gasteiger partial charge in [0.1, 0.15) is 5.78 Å². The molecular formula is C23H37NO2S. The zero-order valence-electron chi connectivity index (χ0n) is 17.2. The molecule has 2 N–H and O–H groups in total. The Hall–Kier alpha value is -0.480. The van der Waals surface area contributed by atoms with Crippen molar-refractivity contribution in [2.24, 2.45) is 40.2 Å². The molecule has 152 valence electrons. The Morgan fingerprint density at radius 2 is 1.96 bits per heavy atom. The highest BCUT2D eigenvalue weighted by atomic mass is 32.2. The second-order valence-electron chi connectivity index (χ2n) is 10.3.